The standard InChI is InChI=1S/C25H27N3O2/c1-2-5-18(6-3-1)14-28-16-21(15-27-13-19-7-4-8-22(27)11-19)25(26-28)20-9-10-23-24(12-20)30-17-29-23/h1-3,5-6,9-10,12,16,19,22H,4,7-8,11,13-15,17H2/t19-,22+/m0/s1. The van der Waals surface area contributed by atoms with Crippen molar-refractivity contribution >= 4 is 0 Å². The van der Waals surface area contributed by atoms with E-state index in [1.165, 1.54) is 43.4 Å². The van der Waals surface area contributed by atoms with Crippen molar-refractivity contribution in [3.05, 3.63) is 65.9 Å². The molecule has 0 amide bonds. The molecule has 5 nitrogen and oxygen atoms in total. The minimum Gasteiger partial charge on any atom is -0.454 e. The van der Waals surface area contributed by atoms with Crippen LogP contribution in [0, 0.1) is 5.92 Å². The smallest absolute Gasteiger partial charge is 0.231 e. The van der Waals surface area contributed by atoms with Crippen LogP contribution in [0.25, 0.3) is 11.3 Å². The first-order chi connectivity index (χ1) is 14.8. The summed E-state index contributed by atoms with van der Waals surface area (Å²) < 4.78 is 13.2. The van der Waals surface area contributed by atoms with Crippen LogP contribution in [0.1, 0.15) is 36.8 Å². The third kappa shape index (κ3) is 3.37. The molecule has 2 aromatic carbocycles. The highest BCUT2D eigenvalue weighted by Crippen LogP contribution is 2.39. The fourth-order valence-corrected chi connectivity index (χ4v) is 5.37. The van der Waals surface area contributed by atoms with Gasteiger partial charge in [-0.2, -0.15) is 5.10 Å². The second-order valence-corrected chi connectivity index (χ2v) is 8.87. The van der Waals surface area contributed by atoms with Gasteiger partial charge in [-0.15, -0.1) is 0 Å². The number of fused-ring (bicyclic) bond motifs is 3. The van der Waals surface area contributed by atoms with E-state index >= 15 is 0 Å². The maximum absolute atomic E-state index is 5.63. The molecule has 2 fully saturated rings. The Bertz CT molecular complexity index is 1050. The quantitative estimate of drug-likeness (QED) is 0.621. The molecular formula is C25H27N3O2. The maximum atomic E-state index is 5.63. The van der Waals surface area contributed by atoms with Gasteiger partial charge < -0.3 is 9.47 Å². The molecule has 3 aromatic rings. The van der Waals surface area contributed by atoms with Crippen LogP contribution in [-0.2, 0) is 13.1 Å². The average molecular weight is 402 g/mol. The molecule has 1 aromatic heterocycles. The van der Waals surface area contributed by atoms with Crippen molar-refractivity contribution < 1.29 is 9.47 Å². The zero-order valence-electron chi connectivity index (χ0n) is 17.2. The molecule has 0 N–H and O–H groups in total. The Morgan fingerprint density at radius 3 is 2.77 bits per heavy atom. The van der Waals surface area contributed by atoms with Crippen molar-refractivity contribution in [3.63, 3.8) is 0 Å². The van der Waals surface area contributed by atoms with E-state index in [9.17, 15) is 0 Å². The fourth-order valence-electron chi connectivity index (χ4n) is 5.37. The number of ether oxygens (including phenoxy) is 2. The summed E-state index contributed by atoms with van der Waals surface area (Å²) in [6, 6.07) is 17.5. The van der Waals surface area contributed by atoms with Crippen LogP contribution in [0.3, 0.4) is 0 Å². The van der Waals surface area contributed by atoms with Gasteiger partial charge in [0, 0.05) is 36.5 Å². The van der Waals surface area contributed by atoms with E-state index in [0.29, 0.717) is 6.79 Å². The summed E-state index contributed by atoms with van der Waals surface area (Å²) in [5.74, 6) is 2.52. The van der Waals surface area contributed by atoms with Gasteiger partial charge in [0.15, 0.2) is 11.5 Å². The summed E-state index contributed by atoms with van der Waals surface area (Å²) in [6.45, 7) is 3.28. The number of rotatable bonds is 5. The van der Waals surface area contributed by atoms with Crippen LogP contribution in [0.15, 0.2) is 54.7 Å². The van der Waals surface area contributed by atoms with Gasteiger partial charge in [-0.3, -0.25) is 9.58 Å². The van der Waals surface area contributed by atoms with E-state index < -0.39 is 0 Å². The minimum atomic E-state index is 0.297. The molecule has 5 heteroatoms. The van der Waals surface area contributed by atoms with Crippen molar-refractivity contribution in [1.29, 1.82) is 0 Å². The molecule has 2 atom stereocenters. The Morgan fingerprint density at radius 1 is 0.967 bits per heavy atom. The first-order valence-corrected chi connectivity index (χ1v) is 11.1. The van der Waals surface area contributed by atoms with Gasteiger partial charge in [-0.05, 0) is 48.9 Å². The van der Waals surface area contributed by atoms with E-state index in [2.05, 4.69) is 58.2 Å². The molecule has 30 heavy (non-hydrogen) atoms. The third-order valence-corrected chi connectivity index (χ3v) is 6.81. The van der Waals surface area contributed by atoms with Crippen LogP contribution < -0.4 is 9.47 Å². The van der Waals surface area contributed by atoms with Crippen LogP contribution in [-0.4, -0.2) is 34.1 Å². The first-order valence-electron chi connectivity index (χ1n) is 11.1. The van der Waals surface area contributed by atoms with Gasteiger partial charge in [0.25, 0.3) is 0 Å². The van der Waals surface area contributed by atoms with Gasteiger partial charge in [0.05, 0.1) is 12.2 Å². The topological polar surface area (TPSA) is 39.5 Å². The molecule has 0 spiro atoms. The number of hydrogen-bond donors (Lipinski definition) is 0. The minimum absolute atomic E-state index is 0.297. The van der Waals surface area contributed by atoms with Crippen molar-refractivity contribution in [2.24, 2.45) is 5.92 Å². The molecule has 1 saturated carbocycles. The zero-order valence-corrected chi connectivity index (χ0v) is 17.2. The highest BCUT2D eigenvalue weighted by Gasteiger charge is 2.35. The van der Waals surface area contributed by atoms with Crippen LogP contribution >= 0.6 is 0 Å². The van der Waals surface area contributed by atoms with Crippen molar-refractivity contribution in [2.45, 2.75) is 44.8 Å². The second-order valence-electron chi connectivity index (χ2n) is 8.87. The molecular weight excluding hydrogens is 374 g/mol. The Labute approximate surface area is 177 Å². The van der Waals surface area contributed by atoms with Gasteiger partial charge in [0.2, 0.25) is 6.79 Å². The fraction of sp³-hybridized carbons (Fsp3) is 0.400. The Kier molecular flexibility index (Phi) is 4.49. The van der Waals surface area contributed by atoms with Gasteiger partial charge in [0.1, 0.15) is 0 Å². The molecule has 0 unspecified atom stereocenters. The first kappa shape index (κ1) is 18.0. The molecule has 3 heterocycles. The van der Waals surface area contributed by atoms with Crippen LogP contribution in [0.2, 0.25) is 0 Å². The van der Waals surface area contributed by atoms with Gasteiger partial charge in [-0.25, -0.2) is 0 Å². The lowest BCUT2D eigenvalue weighted by Crippen LogP contribution is -2.28. The lowest BCUT2D eigenvalue weighted by atomic mass is 9.90. The number of nitrogens with zero attached hydrogens (tertiary/aromatic N) is 3. The van der Waals surface area contributed by atoms with Gasteiger partial charge in [-0.1, -0.05) is 36.8 Å². The molecule has 2 bridgehead atoms. The highest BCUT2D eigenvalue weighted by atomic mass is 16.7. The van der Waals surface area contributed by atoms with E-state index in [-0.39, 0.29) is 0 Å². The normalized spacial score (nSPS) is 22.5. The number of benzene rings is 2. The van der Waals surface area contributed by atoms with E-state index in [1.807, 2.05) is 6.07 Å². The molecule has 1 saturated heterocycles. The van der Waals surface area contributed by atoms with Crippen molar-refractivity contribution in [3.8, 4) is 22.8 Å². The van der Waals surface area contributed by atoms with E-state index in [0.717, 1.165) is 47.8 Å². The number of likely N-dealkylation sites (tertiary alicyclic amines) is 1. The second kappa shape index (κ2) is 7.47. The molecule has 154 valence electrons. The van der Waals surface area contributed by atoms with Crippen molar-refractivity contribution in [1.82, 2.24) is 14.7 Å². The zero-order chi connectivity index (χ0) is 19.9. The summed E-state index contributed by atoms with van der Waals surface area (Å²) in [7, 11) is 0. The summed E-state index contributed by atoms with van der Waals surface area (Å²) in [5, 5.41) is 5.02. The lowest BCUT2D eigenvalue weighted by molar-refractivity contribution is 0.174. The Balaban J connectivity index is 1.34. The van der Waals surface area contributed by atoms with Crippen LogP contribution in [0.5, 0.6) is 11.5 Å². The van der Waals surface area contributed by atoms with Crippen LogP contribution in [0.4, 0.5) is 0 Å². The molecule has 2 aliphatic heterocycles. The van der Waals surface area contributed by atoms with E-state index in [1.54, 1.807) is 0 Å². The lowest BCUT2D eigenvalue weighted by Gasteiger charge is -2.24. The number of hydrogen-bond acceptors (Lipinski definition) is 4. The van der Waals surface area contributed by atoms with Crippen molar-refractivity contribution in [2.75, 3.05) is 13.3 Å². The predicted molar refractivity (Wildman–Crippen MR) is 115 cm³/mol. The summed E-state index contributed by atoms with van der Waals surface area (Å²) in [6.07, 6.45) is 7.74. The molecule has 0 radical (unpaired) electrons. The molecule has 3 aliphatic rings. The van der Waals surface area contributed by atoms with Gasteiger partial charge >= 0.3 is 0 Å². The highest BCUT2D eigenvalue weighted by molar-refractivity contribution is 5.67. The molecule has 1 aliphatic carbocycles. The SMILES string of the molecule is c1ccc(Cn2cc(CN3C[C@H]4CCC[C@@H]3C4)c(-c3ccc4c(c3)OCO4)n2)cc1. The Hall–Kier alpha value is -2.79. The summed E-state index contributed by atoms with van der Waals surface area (Å²) in [5.41, 5.74) is 4.73. The summed E-state index contributed by atoms with van der Waals surface area (Å²) >= 11 is 0. The monoisotopic (exact) mass is 401 g/mol. The predicted octanol–water partition coefficient (Wildman–Crippen LogP) is 4.70. The third-order valence-electron chi connectivity index (χ3n) is 6.81. The maximum Gasteiger partial charge on any atom is 0.231 e. The largest absolute Gasteiger partial charge is 0.454 e. The average Bonchev–Trinajstić information content (AvgIpc) is 3.46. The Morgan fingerprint density at radius 2 is 1.87 bits per heavy atom. The van der Waals surface area contributed by atoms with E-state index in [4.69, 9.17) is 14.6 Å². The summed E-state index contributed by atoms with van der Waals surface area (Å²) in [4.78, 5) is 2.69. The molecule has 6 rings (SSSR count). The number of aromatic nitrogens is 2.